The second kappa shape index (κ2) is 9.88. The lowest BCUT2D eigenvalue weighted by Crippen LogP contribution is -2.59. The first kappa shape index (κ1) is 24.8. The Morgan fingerprint density at radius 3 is 2.41 bits per heavy atom. The van der Waals surface area contributed by atoms with Gasteiger partial charge in [0.15, 0.2) is 0 Å². The fourth-order valence-electron chi connectivity index (χ4n) is 5.94. The molecule has 2 aromatic rings. The maximum Gasteiger partial charge on any atom is 0.303 e. The maximum atomic E-state index is 13.6. The van der Waals surface area contributed by atoms with Gasteiger partial charge in [-0.3, -0.25) is 19.2 Å². The zero-order chi connectivity index (χ0) is 26.2. The molecule has 1 saturated carbocycles. The number of hydrogen-bond acceptors (Lipinski definition) is 5. The molecule has 194 valence electrons. The third-order valence-corrected chi connectivity index (χ3v) is 7.94. The van der Waals surface area contributed by atoms with Gasteiger partial charge in [-0.25, -0.2) is 0 Å². The summed E-state index contributed by atoms with van der Waals surface area (Å²) in [6.45, 7) is 0.644. The number of rotatable bonds is 6. The highest BCUT2D eigenvalue weighted by molar-refractivity contribution is 6.10. The van der Waals surface area contributed by atoms with E-state index in [4.69, 9.17) is 4.74 Å². The van der Waals surface area contributed by atoms with Crippen LogP contribution in [0.1, 0.15) is 48.9 Å². The molecule has 0 aromatic heterocycles. The number of benzene rings is 2. The Balaban J connectivity index is 1.34. The molecule has 3 amide bonds. The largest absolute Gasteiger partial charge is 0.497 e. The lowest BCUT2D eigenvalue weighted by Gasteiger charge is -2.40. The van der Waals surface area contributed by atoms with E-state index in [9.17, 15) is 24.3 Å². The van der Waals surface area contributed by atoms with Crippen LogP contribution < -0.4 is 10.1 Å². The van der Waals surface area contributed by atoms with Gasteiger partial charge in [0.05, 0.1) is 31.3 Å². The number of amides is 3. The summed E-state index contributed by atoms with van der Waals surface area (Å²) in [7, 11) is 1.60. The van der Waals surface area contributed by atoms with Crippen molar-refractivity contribution in [1.29, 1.82) is 0 Å². The van der Waals surface area contributed by atoms with Crippen LogP contribution in [0.4, 0.5) is 5.69 Å². The minimum atomic E-state index is -0.889. The Morgan fingerprint density at radius 1 is 1.03 bits per heavy atom. The molecular weight excluding hydrogens is 474 g/mol. The summed E-state index contributed by atoms with van der Waals surface area (Å²) < 4.78 is 5.22. The van der Waals surface area contributed by atoms with Gasteiger partial charge >= 0.3 is 5.97 Å². The minimum Gasteiger partial charge on any atom is -0.497 e. The number of hydrogen-bond donors (Lipinski definition) is 2. The van der Waals surface area contributed by atoms with Gasteiger partial charge in [-0.1, -0.05) is 31.0 Å². The Labute approximate surface area is 215 Å². The first-order chi connectivity index (χ1) is 17.8. The number of anilines is 1. The molecule has 1 saturated heterocycles. The van der Waals surface area contributed by atoms with Crippen LogP contribution in [-0.2, 0) is 14.4 Å². The number of ether oxygens (including phenoxy) is 1. The SMILES string of the molecule is COc1ccc(-c2ccc3c(c2)C(=O)N2CCN(C(=O)CC4(CC(=O)O)CCCC4)CC2C(=O)N3)cc1. The zero-order valence-electron chi connectivity index (χ0n) is 20.9. The van der Waals surface area contributed by atoms with Gasteiger partial charge in [0.1, 0.15) is 11.8 Å². The molecule has 2 aromatic carbocycles. The summed E-state index contributed by atoms with van der Waals surface area (Å²) in [6, 6.07) is 12.1. The fraction of sp³-hybridized carbons (Fsp3) is 0.429. The van der Waals surface area contributed by atoms with Gasteiger partial charge in [-0.05, 0) is 53.6 Å². The average Bonchev–Trinajstić information content (AvgIpc) is 3.31. The van der Waals surface area contributed by atoms with Crippen molar-refractivity contribution in [3.63, 3.8) is 0 Å². The van der Waals surface area contributed by atoms with E-state index in [1.54, 1.807) is 29.0 Å². The summed E-state index contributed by atoms with van der Waals surface area (Å²) in [5.74, 6) is -0.882. The molecule has 1 aliphatic carbocycles. The zero-order valence-corrected chi connectivity index (χ0v) is 20.9. The minimum absolute atomic E-state index is 0.0209. The smallest absolute Gasteiger partial charge is 0.303 e. The van der Waals surface area contributed by atoms with E-state index in [1.807, 2.05) is 30.3 Å². The van der Waals surface area contributed by atoms with E-state index in [-0.39, 0.29) is 43.7 Å². The van der Waals surface area contributed by atoms with Crippen molar-refractivity contribution in [3.05, 3.63) is 48.0 Å². The monoisotopic (exact) mass is 505 g/mol. The lowest BCUT2D eigenvalue weighted by molar-refractivity contribution is -0.142. The predicted molar refractivity (Wildman–Crippen MR) is 136 cm³/mol. The molecule has 9 nitrogen and oxygen atoms in total. The van der Waals surface area contributed by atoms with Crippen molar-refractivity contribution in [2.75, 3.05) is 32.1 Å². The molecule has 0 spiro atoms. The van der Waals surface area contributed by atoms with Crippen molar-refractivity contribution >= 4 is 29.4 Å². The third-order valence-electron chi connectivity index (χ3n) is 7.94. The Bertz CT molecular complexity index is 1230. The topological polar surface area (TPSA) is 116 Å². The molecule has 2 N–H and O–H groups in total. The summed E-state index contributed by atoms with van der Waals surface area (Å²) in [4.78, 5) is 54.6. The van der Waals surface area contributed by atoms with Gasteiger partial charge in [0, 0.05) is 19.5 Å². The van der Waals surface area contributed by atoms with Crippen LogP contribution >= 0.6 is 0 Å². The van der Waals surface area contributed by atoms with Gasteiger partial charge in [-0.2, -0.15) is 0 Å². The second-order valence-corrected chi connectivity index (χ2v) is 10.3. The van der Waals surface area contributed by atoms with E-state index in [1.165, 1.54) is 0 Å². The van der Waals surface area contributed by atoms with Crippen LogP contribution in [0.5, 0.6) is 5.75 Å². The summed E-state index contributed by atoms with van der Waals surface area (Å²) in [5.41, 5.74) is 2.11. The van der Waals surface area contributed by atoms with Crippen LogP contribution in [0.15, 0.2) is 42.5 Å². The van der Waals surface area contributed by atoms with E-state index < -0.39 is 17.4 Å². The van der Waals surface area contributed by atoms with E-state index in [2.05, 4.69) is 5.32 Å². The molecule has 9 heteroatoms. The predicted octanol–water partition coefficient (Wildman–Crippen LogP) is 3.39. The van der Waals surface area contributed by atoms with Gasteiger partial charge in [-0.15, -0.1) is 0 Å². The Kier molecular flexibility index (Phi) is 6.62. The molecule has 5 rings (SSSR count). The molecule has 37 heavy (non-hydrogen) atoms. The molecule has 0 radical (unpaired) electrons. The van der Waals surface area contributed by atoms with Crippen molar-refractivity contribution in [1.82, 2.24) is 9.80 Å². The first-order valence-electron chi connectivity index (χ1n) is 12.7. The molecular formula is C28H31N3O6. The van der Waals surface area contributed by atoms with Crippen LogP contribution in [0, 0.1) is 5.41 Å². The molecule has 1 atom stereocenters. The standard InChI is InChI=1S/C28H31N3O6/c1-37-20-7-4-18(5-8-20)19-6-9-22-21(14-19)27(36)31-13-12-30(17-23(31)26(35)29-22)24(32)15-28(16-25(33)34)10-2-3-11-28/h4-9,14,23H,2-3,10-13,15-17H2,1H3,(H,29,35)(H,33,34). The summed E-state index contributed by atoms with van der Waals surface area (Å²) >= 11 is 0. The van der Waals surface area contributed by atoms with Crippen molar-refractivity contribution < 1.29 is 29.0 Å². The maximum absolute atomic E-state index is 13.6. The number of methoxy groups -OCH3 is 1. The van der Waals surface area contributed by atoms with Gasteiger partial charge < -0.3 is 25.0 Å². The van der Waals surface area contributed by atoms with E-state index in [0.29, 0.717) is 17.8 Å². The first-order valence-corrected chi connectivity index (χ1v) is 12.7. The molecule has 2 fully saturated rings. The van der Waals surface area contributed by atoms with Crippen molar-refractivity contribution in [3.8, 4) is 16.9 Å². The van der Waals surface area contributed by atoms with E-state index in [0.717, 1.165) is 42.6 Å². The Morgan fingerprint density at radius 2 is 1.73 bits per heavy atom. The lowest BCUT2D eigenvalue weighted by atomic mass is 9.79. The number of fused-ring (bicyclic) bond motifs is 2. The quantitative estimate of drug-likeness (QED) is 0.622. The molecule has 2 aliphatic heterocycles. The number of nitrogens with one attached hydrogen (secondary N) is 1. The number of carboxylic acid groups (broad SMARTS) is 1. The molecule has 0 bridgehead atoms. The van der Waals surface area contributed by atoms with Crippen molar-refractivity contribution in [2.24, 2.45) is 5.41 Å². The number of carbonyl (C=O) groups is 4. The number of nitrogens with zero attached hydrogens (tertiary/aromatic N) is 2. The second-order valence-electron chi connectivity index (χ2n) is 10.3. The Hall–Kier alpha value is -3.88. The van der Waals surface area contributed by atoms with Crippen molar-refractivity contribution in [2.45, 2.75) is 44.6 Å². The number of carboxylic acids is 1. The highest BCUT2D eigenvalue weighted by atomic mass is 16.5. The number of carbonyl (C=O) groups excluding carboxylic acids is 3. The average molecular weight is 506 g/mol. The molecule has 2 heterocycles. The van der Waals surface area contributed by atoms with Crippen LogP contribution in [0.25, 0.3) is 11.1 Å². The summed E-state index contributed by atoms with van der Waals surface area (Å²) in [6.07, 6.45) is 3.42. The van der Waals surface area contributed by atoms with Gasteiger partial charge in [0.2, 0.25) is 11.8 Å². The van der Waals surface area contributed by atoms with Crippen LogP contribution in [0.3, 0.4) is 0 Å². The van der Waals surface area contributed by atoms with Crippen LogP contribution in [0.2, 0.25) is 0 Å². The third kappa shape index (κ3) is 4.90. The normalized spacial score (nSPS) is 20.5. The molecule has 3 aliphatic rings. The highest BCUT2D eigenvalue weighted by Crippen LogP contribution is 2.44. The van der Waals surface area contributed by atoms with Crippen LogP contribution in [-0.4, -0.2) is 71.4 Å². The fourth-order valence-corrected chi connectivity index (χ4v) is 5.94. The summed E-state index contributed by atoms with van der Waals surface area (Å²) in [5, 5.41) is 12.3. The molecule has 1 unspecified atom stereocenters. The number of aliphatic carboxylic acids is 1. The number of piperazine rings is 1. The highest BCUT2D eigenvalue weighted by Gasteiger charge is 2.43. The van der Waals surface area contributed by atoms with E-state index >= 15 is 0 Å². The van der Waals surface area contributed by atoms with Gasteiger partial charge in [0.25, 0.3) is 5.91 Å².